The zero-order valence-electron chi connectivity index (χ0n) is 11.6. The van der Waals surface area contributed by atoms with Crippen molar-refractivity contribution in [3.05, 3.63) is 66.0 Å². The molecule has 1 aliphatic rings. The fraction of sp³-hybridized carbons (Fsp3) is 0.188. The number of rotatable bonds is 3. The number of benzene rings is 1. The zero-order chi connectivity index (χ0) is 14.7. The Morgan fingerprint density at radius 2 is 1.90 bits per heavy atom. The van der Waals surface area contributed by atoms with Crippen LogP contribution in [-0.4, -0.2) is 27.7 Å². The summed E-state index contributed by atoms with van der Waals surface area (Å²) < 4.78 is 0. The lowest BCUT2D eigenvalue weighted by Gasteiger charge is -2.29. The molecule has 0 aliphatic carbocycles. The van der Waals surface area contributed by atoms with E-state index in [1.54, 1.807) is 18.0 Å². The number of pyridine rings is 1. The molecule has 3 rings (SSSR count). The highest BCUT2D eigenvalue weighted by Gasteiger charge is 2.32. The van der Waals surface area contributed by atoms with Crippen LogP contribution in [0.15, 0.2) is 59.9 Å². The second-order valence-corrected chi connectivity index (χ2v) is 4.79. The minimum Gasteiger partial charge on any atom is -0.381 e. The molecule has 106 valence electrons. The van der Waals surface area contributed by atoms with Gasteiger partial charge in [-0.3, -0.25) is 14.7 Å². The molecule has 1 unspecified atom stereocenters. The Morgan fingerprint density at radius 3 is 2.62 bits per heavy atom. The van der Waals surface area contributed by atoms with Crippen LogP contribution < -0.4 is 0 Å². The van der Waals surface area contributed by atoms with Gasteiger partial charge in [0.05, 0.1) is 6.54 Å². The van der Waals surface area contributed by atoms with E-state index in [1.165, 1.54) is 0 Å². The largest absolute Gasteiger partial charge is 0.381 e. The monoisotopic (exact) mass is 281 g/mol. The maximum absolute atomic E-state index is 12.4. The van der Waals surface area contributed by atoms with Crippen molar-refractivity contribution in [3.8, 4) is 0 Å². The first-order valence-electron chi connectivity index (χ1n) is 6.76. The number of hydrogen-bond acceptors (Lipinski definition) is 4. The van der Waals surface area contributed by atoms with Gasteiger partial charge in [-0.2, -0.15) is 0 Å². The maximum Gasteiger partial charge on any atom is 0.272 e. The summed E-state index contributed by atoms with van der Waals surface area (Å²) in [6.07, 6.45) is 1.09. The standard InChI is InChI=1S/C16H15N3O2/c1-12-16(20)19(11-13-7-3-2-4-8-13)15(18-21-12)14-9-5-6-10-17-14/h2-10,12H,11H2,1H3. The summed E-state index contributed by atoms with van der Waals surface area (Å²) in [4.78, 5) is 23.5. The smallest absolute Gasteiger partial charge is 0.272 e. The Hall–Kier alpha value is -2.69. The van der Waals surface area contributed by atoms with E-state index in [-0.39, 0.29) is 5.91 Å². The van der Waals surface area contributed by atoms with Crippen LogP contribution >= 0.6 is 0 Å². The average molecular weight is 281 g/mol. The third kappa shape index (κ3) is 2.76. The topological polar surface area (TPSA) is 54.8 Å². The Labute approximate surface area is 122 Å². The fourth-order valence-corrected chi connectivity index (χ4v) is 2.15. The molecule has 0 bridgehead atoms. The summed E-state index contributed by atoms with van der Waals surface area (Å²) in [5.41, 5.74) is 1.65. The van der Waals surface area contributed by atoms with Gasteiger partial charge in [-0.15, -0.1) is 0 Å². The zero-order valence-corrected chi connectivity index (χ0v) is 11.6. The van der Waals surface area contributed by atoms with E-state index in [2.05, 4.69) is 10.1 Å². The van der Waals surface area contributed by atoms with Crippen LogP contribution in [0.25, 0.3) is 0 Å². The third-order valence-corrected chi connectivity index (χ3v) is 3.24. The van der Waals surface area contributed by atoms with E-state index in [1.807, 2.05) is 48.5 Å². The van der Waals surface area contributed by atoms with Gasteiger partial charge in [-0.1, -0.05) is 41.6 Å². The van der Waals surface area contributed by atoms with Gasteiger partial charge >= 0.3 is 0 Å². The highest BCUT2D eigenvalue weighted by molar-refractivity contribution is 6.08. The third-order valence-electron chi connectivity index (χ3n) is 3.24. The molecule has 0 N–H and O–H groups in total. The van der Waals surface area contributed by atoms with E-state index in [4.69, 9.17) is 4.84 Å². The number of amidine groups is 1. The number of amides is 1. The molecule has 1 aliphatic heterocycles. The molecule has 0 saturated heterocycles. The van der Waals surface area contributed by atoms with Crippen molar-refractivity contribution >= 4 is 11.7 Å². The Morgan fingerprint density at radius 1 is 1.14 bits per heavy atom. The number of carbonyl (C=O) groups excluding carboxylic acids is 1. The molecule has 0 radical (unpaired) electrons. The normalized spacial score (nSPS) is 18.1. The lowest BCUT2D eigenvalue weighted by molar-refractivity contribution is -0.142. The molecule has 1 aromatic heterocycles. The second kappa shape index (κ2) is 5.75. The van der Waals surface area contributed by atoms with Gasteiger partial charge in [-0.05, 0) is 24.6 Å². The van der Waals surface area contributed by atoms with Gasteiger partial charge in [0.1, 0.15) is 5.69 Å². The van der Waals surface area contributed by atoms with Crippen molar-refractivity contribution in [2.75, 3.05) is 0 Å². The van der Waals surface area contributed by atoms with Crippen molar-refractivity contribution in [1.29, 1.82) is 0 Å². The van der Waals surface area contributed by atoms with E-state index >= 15 is 0 Å². The van der Waals surface area contributed by atoms with Crippen molar-refractivity contribution in [2.24, 2.45) is 5.16 Å². The predicted octanol–water partition coefficient (Wildman–Crippen LogP) is 2.19. The van der Waals surface area contributed by atoms with Gasteiger partial charge in [0, 0.05) is 6.20 Å². The molecular weight excluding hydrogens is 266 g/mol. The summed E-state index contributed by atoms with van der Waals surface area (Å²) in [5.74, 6) is 0.331. The summed E-state index contributed by atoms with van der Waals surface area (Å²) in [5, 5.41) is 4.07. The van der Waals surface area contributed by atoms with Crippen LogP contribution in [0.3, 0.4) is 0 Å². The quantitative estimate of drug-likeness (QED) is 0.866. The average Bonchev–Trinajstić information content (AvgIpc) is 2.54. The minimum absolute atomic E-state index is 0.116. The van der Waals surface area contributed by atoms with Crippen LogP contribution in [0.5, 0.6) is 0 Å². The van der Waals surface area contributed by atoms with Crippen molar-refractivity contribution in [1.82, 2.24) is 9.88 Å². The van der Waals surface area contributed by atoms with Gasteiger partial charge in [0.15, 0.2) is 0 Å². The van der Waals surface area contributed by atoms with Gasteiger partial charge in [0.2, 0.25) is 11.9 Å². The number of nitrogens with zero attached hydrogens (tertiary/aromatic N) is 3. The van der Waals surface area contributed by atoms with Crippen LogP contribution in [0.4, 0.5) is 0 Å². The molecule has 0 spiro atoms. The molecule has 21 heavy (non-hydrogen) atoms. The molecule has 1 atom stereocenters. The lowest BCUT2D eigenvalue weighted by atomic mass is 10.1. The highest BCUT2D eigenvalue weighted by atomic mass is 16.6. The van der Waals surface area contributed by atoms with Crippen LogP contribution in [0.1, 0.15) is 18.2 Å². The van der Waals surface area contributed by atoms with Crippen molar-refractivity contribution in [2.45, 2.75) is 19.6 Å². The van der Waals surface area contributed by atoms with Crippen molar-refractivity contribution in [3.63, 3.8) is 0 Å². The van der Waals surface area contributed by atoms with E-state index in [9.17, 15) is 4.79 Å². The highest BCUT2D eigenvalue weighted by Crippen LogP contribution is 2.16. The van der Waals surface area contributed by atoms with E-state index < -0.39 is 6.10 Å². The summed E-state index contributed by atoms with van der Waals surface area (Å²) in [6.45, 7) is 2.14. The first kappa shape index (κ1) is 13.3. The van der Waals surface area contributed by atoms with Crippen molar-refractivity contribution < 1.29 is 9.63 Å². The van der Waals surface area contributed by atoms with E-state index in [0.717, 1.165) is 5.56 Å². The summed E-state index contributed by atoms with van der Waals surface area (Å²) in [6, 6.07) is 15.3. The Kier molecular flexibility index (Phi) is 3.64. The van der Waals surface area contributed by atoms with Crippen LogP contribution in [0, 0.1) is 0 Å². The molecule has 1 amide bonds. The molecule has 0 saturated carbocycles. The molecule has 1 aromatic carbocycles. The SMILES string of the molecule is CC1ON=C(c2ccccn2)N(Cc2ccccc2)C1=O. The number of aromatic nitrogens is 1. The second-order valence-electron chi connectivity index (χ2n) is 4.79. The first-order valence-corrected chi connectivity index (χ1v) is 6.76. The van der Waals surface area contributed by atoms with Crippen LogP contribution in [-0.2, 0) is 16.2 Å². The number of carbonyl (C=O) groups is 1. The Bertz CT molecular complexity index is 656. The van der Waals surface area contributed by atoms with Crippen LogP contribution in [0.2, 0.25) is 0 Å². The first-order chi connectivity index (χ1) is 10.3. The molecule has 0 fully saturated rings. The van der Waals surface area contributed by atoms with E-state index in [0.29, 0.717) is 18.1 Å². The number of hydrogen-bond donors (Lipinski definition) is 0. The molecule has 2 heterocycles. The lowest BCUT2D eigenvalue weighted by Crippen LogP contribution is -2.46. The minimum atomic E-state index is -0.582. The molecule has 5 heteroatoms. The van der Waals surface area contributed by atoms with Gasteiger partial charge in [-0.25, -0.2) is 0 Å². The number of oxime groups is 1. The van der Waals surface area contributed by atoms with Gasteiger partial charge < -0.3 is 4.84 Å². The summed E-state index contributed by atoms with van der Waals surface area (Å²) >= 11 is 0. The predicted molar refractivity (Wildman–Crippen MR) is 78.3 cm³/mol. The Balaban J connectivity index is 1.95. The fourth-order valence-electron chi connectivity index (χ4n) is 2.15. The molecular formula is C16H15N3O2. The van der Waals surface area contributed by atoms with Gasteiger partial charge in [0.25, 0.3) is 5.91 Å². The molecule has 5 nitrogen and oxygen atoms in total. The maximum atomic E-state index is 12.4. The molecule has 2 aromatic rings. The summed E-state index contributed by atoms with van der Waals surface area (Å²) in [7, 11) is 0.